The molecule has 17 heavy (non-hydrogen) atoms. The summed E-state index contributed by atoms with van der Waals surface area (Å²) < 4.78 is 5.18. The first-order chi connectivity index (χ1) is 8.35. The van der Waals surface area contributed by atoms with Gasteiger partial charge in [0.25, 0.3) is 0 Å². The quantitative estimate of drug-likeness (QED) is 0.776. The van der Waals surface area contributed by atoms with E-state index in [1.807, 2.05) is 12.1 Å². The molecule has 1 unspecified atom stereocenters. The molecule has 1 aromatic heterocycles. The van der Waals surface area contributed by atoms with Crippen LogP contribution in [0.25, 0.3) is 0 Å². The molecule has 2 rings (SSSR count). The van der Waals surface area contributed by atoms with E-state index in [0.29, 0.717) is 17.8 Å². The normalized spacial score (nSPS) is 21.1. The summed E-state index contributed by atoms with van der Waals surface area (Å²) in [6, 6.07) is 4.46. The van der Waals surface area contributed by atoms with Crippen molar-refractivity contribution in [2.45, 2.75) is 31.7 Å². The summed E-state index contributed by atoms with van der Waals surface area (Å²) in [4.78, 5) is 6.54. The molecule has 0 aliphatic carbocycles. The van der Waals surface area contributed by atoms with Crippen LogP contribution in [0.5, 0.6) is 5.88 Å². The van der Waals surface area contributed by atoms with Gasteiger partial charge in [-0.3, -0.25) is 0 Å². The van der Waals surface area contributed by atoms with Crippen LogP contribution < -0.4 is 9.64 Å². The van der Waals surface area contributed by atoms with Gasteiger partial charge in [-0.2, -0.15) is 0 Å². The van der Waals surface area contributed by atoms with Gasteiger partial charge >= 0.3 is 0 Å². The SMILES string of the molecule is COc1cc(N2CCCCCC2CCl)ccn1. The Bertz CT molecular complexity index is 359. The first-order valence-electron chi connectivity index (χ1n) is 6.18. The molecule has 0 amide bonds. The zero-order chi connectivity index (χ0) is 12.1. The molecular formula is C13H19ClN2O. The molecule has 4 heteroatoms. The summed E-state index contributed by atoms with van der Waals surface area (Å²) in [7, 11) is 1.65. The lowest BCUT2D eigenvalue weighted by Gasteiger charge is -2.30. The van der Waals surface area contributed by atoms with Crippen molar-refractivity contribution in [3.63, 3.8) is 0 Å². The monoisotopic (exact) mass is 254 g/mol. The third kappa shape index (κ3) is 3.03. The molecule has 2 heterocycles. The minimum absolute atomic E-state index is 0.436. The number of halogens is 1. The van der Waals surface area contributed by atoms with Crippen molar-refractivity contribution in [3.8, 4) is 5.88 Å². The summed E-state index contributed by atoms with van der Waals surface area (Å²) >= 11 is 6.08. The van der Waals surface area contributed by atoms with Crippen molar-refractivity contribution >= 4 is 17.3 Å². The third-order valence-corrected chi connectivity index (χ3v) is 3.67. The van der Waals surface area contributed by atoms with E-state index >= 15 is 0 Å². The average molecular weight is 255 g/mol. The second-order valence-corrected chi connectivity index (χ2v) is 4.72. The topological polar surface area (TPSA) is 25.4 Å². The highest BCUT2D eigenvalue weighted by Crippen LogP contribution is 2.26. The lowest BCUT2D eigenvalue weighted by Crippen LogP contribution is -2.36. The first kappa shape index (κ1) is 12.5. The Labute approximate surface area is 108 Å². The highest BCUT2D eigenvalue weighted by atomic mass is 35.5. The van der Waals surface area contributed by atoms with Crippen molar-refractivity contribution in [1.82, 2.24) is 4.98 Å². The maximum Gasteiger partial charge on any atom is 0.214 e. The zero-order valence-electron chi connectivity index (χ0n) is 10.2. The van der Waals surface area contributed by atoms with Gasteiger partial charge in [0, 0.05) is 36.4 Å². The Kier molecular flexibility index (Phi) is 4.49. The van der Waals surface area contributed by atoms with E-state index in [1.54, 1.807) is 13.3 Å². The Morgan fingerprint density at radius 2 is 2.35 bits per heavy atom. The maximum absolute atomic E-state index is 6.08. The zero-order valence-corrected chi connectivity index (χ0v) is 11.0. The van der Waals surface area contributed by atoms with Gasteiger partial charge in [-0.1, -0.05) is 12.8 Å². The number of hydrogen-bond acceptors (Lipinski definition) is 3. The molecule has 0 bridgehead atoms. The van der Waals surface area contributed by atoms with E-state index in [9.17, 15) is 0 Å². The van der Waals surface area contributed by atoms with Crippen LogP contribution in [0.1, 0.15) is 25.7 Å². The van der Waals surface area contributed by atoms with Crippen LogP contribution in [0, 0.1) is 0 Å². The minimum atomic E-state index is 0.436. The standard InChI is InChI=1S/C13H19ClN2O/c1-17-13-9-11(6-7-15-13)16-8-4-2-3-5-12(16)10-14/h6-7,9,12H,2-5,8,10H2,1H3. The largest absolute Gasteiger partial charge is 0.481 e. The summed E-state index contributed by atoms with van der Waals surface area (Å²) in [6.45, 7) is 1.07. The number of alkyl halides is 1. The lowest BCUT2D eigenvalue weighted by atomic mass is 10.1. The van der Waals surface area contributed by atoms with Gasteiger partial charge in [0.1, 0.15) is 0 Å². The third-order valence-electron chi connectivity index (χ3n) is 3.31. The molecule has 0 spiro atoms. The van der Waals surface area contributed by atoms with Gasteiger partial charge in [-0.05, 0) is 18.9 Å². The predicted octanol–water partition coefficient (Wildman–Crippen LogP) is 3.08. The number of anilines is 1. The molecular weight excluding hydrogens is 236 g/mol. The van der Waals surface area contributed by atoms with Crippen LogP contribution >= 0.6 is 11.6 Å². The Balaban J connectivity index is 2.21. The van der Waals surface area contributed by atoms with E-state index in [1.165, 1.54) is 31.4 Å². The summed E-state index contributed by atoms with van der Waals surface area (Å²) in [5.41, 5.74) is 1.17. The Morgan fingerprint density at radius 1 is 1.47 bits per heavy atom. The van der Waals surface area contributed by atoms with Crippen molar-refractivity contribution in [2.24, 2.45) is 0 Å². The number of hydrogen-bond donors (Lipinski definition) is 0. The fourth-order valence-corrected chi connectivity index (χ4v) is 2.69. The maximum atomic E-state index is 6.08. The van der Waals surface area contributed by atoms with Crippen LogP contribution in [0.15, 0.2) is 18.3 Å². The van der Waals surface area contributed by atoms with E-state index in [4.69, 9.17) is 16.3 Å². The van der Waals surface area contributed by atoms with Crippen LogP contribution in [0.4, 0.5) is 5.69 Å². The lowest BCUT2D eigenvalue weighted by molar-refractivity contribution is 0.397. The van der Waals surface area contributed by atoms with Crippen molar-refractivity contribution in [3.05, 3.63) is 18.3 Å². The molecule has 0 saturated carbocycles. The molecule has 0 aromatic carbocycles. The minimum Gasteiger partial charge on any atom is -0.481 e. The number of aromatic nitrogens is 1. The van der Waals surface area contributed by atoms with Crippen LogP contribution in [-0.2, 0) is 0 Å². The van der Waals surface area contributed by atoms with Gasteiger partial charge in [-0.15, -0.1) is 11.6 Å². The molecule has 94 valence electrons. The number of ether oxygens (including phenoxy) is 1. The van der Waals surface area contributed by atoms with Gasteiger partial charge in [-0.25, -0.2) is 4.98 Å². The van der Waals surface area contributed by atoms with Gasteiger partial charge < -0.3 is 9.64 Å². The molecule has 1 aliphatic rings. The van der Waals surface area contributed by atoms with Gasteiger partial charge in [0.2, 0.25) is 5.88 Å². The van der Waals surface area contributed by atoms with Gasteiger partial charge in [0.15, 0.2) is 0 Å². The number of nitrogens with zero attached hydrogens (tertiary/aromatic N) is 2. The molecule has 1 atom stereocenters. The Hall–Kier alpha value is -0.960. The summed E-state index contributed by atoms with van der Waals surface area (Å²) in [6.07, 6.45) is 6.78. The Morgan fingerprint density at radius 3 is 3.12 bits per heavy atom. The van der Waals surface area contributed by atoms with E-state index < -0.39 is 0 Å². The smallest absolute Gasteiger partial charge is 0.214 e. The van der Waals surface area contributed by atoms with E-state index in [2.05, 4.69) is 9.88 Å². The summed E-state index contributed by atoms with van der Waals surface area (Å²) in [5, 5.41) is 0. The number of rotatable bonds is 3. The van der Waals surface area contributed by atoms with Gasteiger partial charge in [0.05, 0.1) is 7.11 Å². The highest BCUT2D eigenvalue weighted by Gasteiger charge is 2.20. The predicted molar refractivity (Wildman–Crippen MR) is 71.1 cm³/mol. The highest BCUT2D eigenvalue weighted by molar-refractivity contribution is 6.18. The van der Waals surface area contributed by atoms with Crippen LogP contribution in [-0.4, -0.2) is 30.6 Å². The molecule has 1 aromatic rings. The number of pyridine rings is 1. The summed E-state index contributed by atoms with van der Waals surface area (Å²) in [5.74, 6) is 1.35. The van der Waals surface area contributed by atoms with Crippen LogP contribution in [0.3, 0.4) is 0 Å². The fraction of sp³-hybridized carbons (Fsp3) is 0.615. The second-order valence-electron chi connectivity index (χ2n) is 4.41. The van der Waals surface area contributed by atoms with Crippen molar-refractivity contribution < 1.29 is 4.74 Å². The van der Waals surface area contributed by atoms with Crippen molar-refractivity contribution in [2.75, 3.05) is 24.4 Å². The molecule has 1 aliphatic heterocycles. The fourth-order valence-electron chi connectivity index (χ4n) is 2.37. The number of methoxy groups -OCH3 is 1. The molecule has 0 N–H and O–H groups in total. The molecule has 1 saturated heterocycles. The van der Waals surface area contributed by atoms with Crippen LogP contribution in [0.2, 0.25) is 0 Å². The van der Waals surface area contributed by atoms with E-state index in [-0.39, 0.29) is 0 Å². The first-order valence-corrected chi connectivity index (χ1v) is 6.71. The van der Waals surface area contributed by atoms with E-state index in [0.717, 1.165) is 6.54 Å². The average Bonchev–Trinajstić information content (AvgIpc) is 2.63. The molecule has 3 nitrogen and oxygen atoms in total. The molecule has 0 radical (unpaired) electrons. The second kappa shape index (κ2) is 6.10. The molecule has 1 fully saturated rings. The van der Waals surface area contributed by atoms with Crippen molar-refractivity contribution in [1.29, 1.82) is 0 Å².